The number of sulfonamides is 1. The molecule has 0 aliphatic heterocycles. The number of ether oxygens (including phenoxy) is 1. The van der Waals surface area contributed by atoms with E-state index in [4.69, 9.17) is 4.74 Å². The van der Waals surface area contributed by atoms with Crippen LogP contribution in [0.25, 0.3) is 10.9 Å². The average molecular weight is 525 g/mol. The highest BCUT2D eigenvalue weighted by molar-refractivity contribution is 7.92. The molecule has 0 saturated carbocycles. The maximum Gasteiger partial charge on any atom is 0.339 e. The molecule has 8 heteroatoms. The Bertz CT molecular complexity index is 1710. The van der Waals surface area contributed by atoms with Crippen molar-refractivity contribution in [1.82, 2.24) is 4.98 Å². The molecule has 1 unspecified atom stereocenters. The number of H-pyrrole nitrogens is 1. The van der Waals surface area contributed by atoms with Crippen molar-refractivity contribution in [3.63, 3.8) is 0 Å². The Balaban J connectivity index is 1.46. The van der Waals surface area contributed by atoms with Crippen LogP contribution in [-0.2, 0) is 14.8 Å². The van der Waals surface area contributed by atoms with Gasteiger partial charge in [-0.3, -0.25) is 9.10 Å². The standard InChI is InChI=1S/C30H24N2O5S/c1-32(23-14-6-3-7-15-23)38(35,36)24-16-10-13-22(19-24)30(34)37-29(21-11-4-2-5-12-21)28(33)26-20-31-27-18-9-8-17-25(26)27/h2-20,29,31H,1H3. The Hall–Kier alpha value is -4.69. The van der Waals surface area contributed by atoms with Gasteiger partial charge in [0.1, 0.15) is 0 Å². The normalized spacial score (nSPS) is 12.1. The number of ketones is 1. The summed E-state index contributed by atoms with van der Waals surface area (Å²) in [4.78, 5) is 30.0. The van der Waals surface area contributed by atoms with E-state index < -0.39 is 27.9 Å². The van der Waals surface area contributed by atoms with Crippen LogP contribution >= 0.6 is 0 Å². The number of hydrogen-bond donors (Lipinski definition) is 1. The van der Waals surface area contributed by atoms with Gasteiger partial charge in [0, 0.05) is 35.3 Å². The lowest BCUT2D eigenvalue weighted by molar-refractivity contribution is 0.0280. The predicted molar refractivity (Wildman–Crippen MR) is 146 cm³/mol. The Kier molecular flexibility index (Phi) is 6.81. The summed E-state index contributed by atoms with van der Waals surface area (Å²) in [5, 5.41) is 0.714. The molecule has 0 radical (unpaired) electrons. The van der Waals surface area contributed by atoms with Crippen LogP contribution in [0.15, 0.2) is 120 Å². The third-order valence-corrected chi connectivity index (χ3v) is 8.05. The zero-order valence-corrected chi connectivity index (χ0v) is 21.3. The molecule has 1 heterocycles. The van der Waals surface area contributed by atoms with Gasteiger partial charge in [-0.2, -0.15) is 0 Å². The molecule has 7 nitrogen and oxygen atoms in total. The number of fused-ring (bicyclic) bond motifs is 1. The number of para-hydroxylation sites is 2. The molecule has 0 spiro atoms. The summed E-state index contributed by atoms with van der Waals surface area (Å²) in [6, 6.07) is 30.3. The minimum absolute atomic E-state index is 0.0141. The largest absolute Gasteiger partial charge is 0.445 e. The van der Waals surface area contributed by atoms with E-state index in [1.54, 1.807) is 66.9 Å². The van der Waals surface area contributed by atoms with Crippen molar-refractivity contribution in [2.45, 2.75) is 11.0 Å². The molecule has 0 amide bonds. The van der Waals surface area contributed by atoms with Crippen molar-refractivity contribution in [2.24, 2.45) is 0 Å². The number of hydrogen-bond acceptors (Lipinski definition) is 5. The molecule has 0 fully saturated rings. The summed E-state index contributed by atoms with van der Waals surface area (Å²) < 4.78 is 33.4. The first-order valence-corrected chi connectivity index (χ1v) is 13.3. The lowest BCUT2D eigenvalue weighted by Gasteiger charge is -2.20. The van der Waals surface area contributed by atoms with Crippen LogP contribution in [0.3, 0.4) is 0 Å². The van der Waals surface area contributed by atoms with Gasteiger partial charge >= 0.3 is 5.97 Å². The van der Waals surface area contributed by atoms with E-state index >= 15 is 0 Å². The van der Waals surface area contributed by atoms with Gasteiger partial charge in [0.2, 0.25) is 5.78 Å². The minimum Gasteiger partial charge on any atom is -0.445 e. The third-order valence-electron chi connectivity index (χ3n) is 6.27. The van der Waals surface area contributed by atoms with E-state index in [9.17, 15) is 18.0 Å². The molecule has 1 aromatic heterocycles. The summed E-state index contributed by atoms with van der Waals surface area (Å²) >= 11 is 0. The van der Waals surface area contributed by atoms with E-state index in [0.29, 0.717) is 22.2 Å². The van der Waals surface area contributed by atoms with Crippen molar-refractivity contribution in [3.05, 3.63) is 132 Å². The van der Waals surface area contributed by atoms with Crippen molar-refractivity contribution < 1.29 is 22.7 Å². The zero-order valence-electron chi connectivity index (χ0n) is 20.4. The number of carbonyl (C=O) groups is 2. The molecular weight excluding hydrogens is 500 g/mol. The molecule has 190 valence electrons. The first kappa shape index (κ1) is 25.0. The molecule has 4 aromatic carbocycles. The molecule has 1 N–H and O–H groups in total. The Morgan fingerprint density at radius 2 is 1.47 bits per heavy atom. The van der Waals surface area contributed by atoms with Crippen molar-refractivity contribution in [1.29, 1.82) is 0 Å². The fourth-order valence-electron chi connectivity index (χ4n) is 4.21. The van der Waals surface area contributed by atoms with Gasteiger partial charge in [0.25, 0.3) is 10.0 Å². The molecular formula is C30H24N2O5S. The first-order chi connectivity index (χ1) is 18.4. The summed E-state index contributed by atoms with van der Waals surface area (Å²) in [6.07, 6.45) is 0.374. The molecule has 38 heavy (non-hydrogen) atoms. The summed E-state index contributed by atoms with van der Waals surface area (Å²) in [5.74, 6) is -1.21. The Morgan fingerprint density at radius 3 is 2.21 bits per heavy atom. The van der Waals surface area contributed by atoms with Crippen molar-refractivity contribution in [3.8, 4) is 0 Å². The monoisotopic (exact) mass is 524 g/mol. The number of benzene rings is 4. The lowest BCUT2D eigenvalue weighted by atomic mass is 9.99. The van der Waals surface area contributed by atoms with Gasteiger partial charge in [0.05, 0.1) is 16.1 Å². The maximum atomic E-state index is 13.7. The SMILES string of the molecule is CN(c1ccccc1)S(=O)(=O)c1cccc(C(=O)OC(C(=O)c2c[nH]c3ccccc23)c2ccccc2)c1. The van der Waals surface area contributed by atoms with Crippen LogP contribution in [0.4, 0.5) is 5.69 Å². The molecule has 5 aromatic rings. The minimum atomic E-state index is -3.95. The molecule has 0 bridgehead atoms. The van der Waals surface area contributed by atoms with Gasteiger partial charge in [0.15, 0.2) is 6.10 Å². The number of aromatic amines is 1. The second kappa shape index (κ2) is 10.4. The molecule has 0 aliphatic rings. The highest BCUT2D eigenvalue weighted by Crippen LogP contribution is 2.29. The highest BCUT2D eigenvalue weighted by atomic mass is 32.2. The molecule has 1 atom stereocenters. The number of nitrogens with zero attached hydrogens (tertiary/aromatic N) is 1. The average Bonchev–Trinajstić information content (AvgIpc) is 3.40. The van der Waals surface area contributed by atoms with Crippen molar-refractivity contribution >= 4 is 38.4 Å². The van der Waals surface area contributed by atoms with Crippen molar-refractivity contribution in [2.75, 3.05) is 11.4 Å². The van der Waals surface area contributed by atoms with Gasteiger partial charge in [-0.15, -0.1) is 0 Å². The number of Topliss-reactive ketones (excluding diaryl/α,β-unsaturated/α-hetero) is 1. The van der Waals surface area contributed by atoms with Crippen LogP contribution in [0.2, 0.25) is 0 Å². The third kappa shape index (κ3) is 4.81. The lowest BCUT2D eigenvalue weighted by Crippen LogP contribution is -2.26. The number of carbonyl (C=O) groups excluding carboxylic acids is 2. The highest BCUT2D eigenvalue weighted by Gasteiger charge is 2.29. The number of esters is 1. The van der Waals surface area contributed by atoms with Crippen LogP contribution in [0, 0.1) is 0 Å². The van der Waals surface area contributed by atoms with Gasteiger partial charge in [-0.25, -0.2) is 13.2 Å². The van der Waals surface area contributed by atoms with Crippen LogP contribution in [0.1, 0.15) is 32.4 Å². The van der Waals surface area contributed by atoms with E-state index in [-0.39, 0.29) is 10.5 Å². The second-order valence-corrected chi connectivity index (χ2v) is 10.6. The summed E-state index contributed by atoms with van der Waals surface area (Å²) in [5.41, 5.74) is 2.18. The summed E-state index contributed by atoms with van der Waals surface area (Å²) in [6.45, 7) is 0. The second-order valence-electron chi connectivity index (χ2n) is 8.64. The number of anilines is 1. The fourth-order valence-corrected chi connectivity index (χ4v) is 5.45. The number of aromatic nitrogens is 1. The van der Waals surface area contributed by atoms with Gasteiger partial charge < -0.3 is 9.72 Å². The smallest absolute Gasteiger partial charge is 0.339 e. The Labute approximate surface area is 220 Å². The summed E-state index contributed by atoms with van der Waals surface area (Å²) in [7, 11) is -2.50. The van der Waals surface area contributed by atoms with Gasteiger partial charge in [-0.05, 0) is 36.4 Å². The molecule has 5 rings (SSSR count). The first-order valence-electron chi connectivity index (χ1n) is 11.9. The van der Waals surface area contributed by atoms with E-state index in [1.807, 2.05) is 24.3 Å². The van der Waals surface area contributed by atoms with Gasteiger partial charge in [-0.1, -0.05) is 72.8 Å². The molecule has 0 saturated heterocycles. The zero-order chi connectivity index (χ0) is 26.7. The fraction of sp³-hybridized carbons (Fsp3) is 0.0667. The number of rotatable bonds is 8. The van der Waals surface area contributed by atoms with Crippen LogP contribution in [-0.4, -0.2) is 32.2 Å². The molecule has 0 aliphatic carbocycles. The van der Waals surface area contributed by atoms with E-state index in [2.05, 4.69) is 4.98 Å². The Morgan fingerprint density at radius 1 is 0.816 bits per heavy atom. The topological polar surface area (TPSA) is 96.5 Å². The van der Waals surface area contributed by atoms with E-state index in [1.165, 1.54) is 31.3 Å². The van der Waals surface area contributed by atoms with Crippen LogP contribution < -0.4 is 4.31 Å². The predicted octanol–water partition coefficient (Wildman–Crippen LogP) is 5.77. The van der Waals surface area contributed by atoms with Crippen LogP contribution in [0.5, 0.6) is 0 Å². The van der Waals surface area contributed by atoms with E-state index in [0.717, 1.165) is 9.82 Å². The number of nitrogens with one attached hydrogen (secondary N) is 1. The maximum absolute atomic E-state index is 13.7. The quantitative estimate of drug-likeness (QED) is 0.205.